The fraction of sp³-hybridized carbons (Fsp3) is 0.200. The molecule has 0 bridgehead atoms. The van der Waals surface area contributed by atoms with Crippen molar-refractivity contribution < 1.29 is 13.7 Å². The zero-order valence-corrected chi connectivity index (χ0v) is 13.9. The van der Waals surface area contributed by atoms with Crippen molar-refractivity contribution >= 4 is 45.3 Å². The third-order valence-electron chi connectivity index (χ3n) is 4.29. The molecule has 0 aliphatic carbocycles. The topological polar surface area (TPSA) is 31.6 Å². The molecule has 4 rings (SSSR count). The van der Waals surface area contributed by atoms with Gasteiger partial charge in [0.2, 0.25) is 0 Å². The van der Waals surface area contributed by atoms with Gasteiger partial charge >= 0.3 is 7.12 Å². The Morgan fingerprint density at radius 2 is 1.54 bits per heavy atom. The van der Waals surface area contributed by atoms with Crippen LogP contribution in [-0.2, 0) is 9.31 Å². The first-order valence-corrected chi connectivity index (χ1v) is 8.39. The highest BCUT2D eigenvalue weighted by atomic mass is 16.6. The molecule has 3 nitrogen and oxygen atoms in total. The lowest BCUT2D eigenvalue weighted by atomic mass is 9.76. The van der Waals surface area contributed by atoms with Crippen molar-refractivity contribution in [2.45, 2.75) is 13.8 Å². The van der Waals surface area contributed by atoms with Gasteiger partial charge in [-0.3, -0.25) is 0 Å². The Labute approximate surface area is 141 Å². The SMILES string of the molecule is CCOB(OCC)c1cc2ccccc2c2c1oc1ccccc12. The second-order valence-electron chi connectivity index (χ2n) is 5.73. The zero-order chi connectivity index (χ0) is 16.5. The molecule has 0 saturated heterocycles. The van der Waals surface area contributed by atoms with Crippen LogP contribution in [0.25, 0.3) is 32.7 Å². The minimum Gasteiger partial charge on any atom is -0.456 e. The van der Waals surface area contributed by atoms with Crippen LogP contribution in [0.2, 0.25) is 0 Å². The molecule has 0 amide bonds. The summed E-state index contributed by atoms with van der Waals surface area (Å²) in [5.74, 6) is 0. The van der Waals surface area contributed by atoms with Crippen molar-refractivity contribution in [3.05, 3.63) is 54.6 Å². The molecule has 120 valence electrons. The van der Waals surface area contributed by atoms with E-state index in [1.165, 1.54) is 5.39 Å². The summed E-state index contributed by atoms with van der Waals surface area (Å²) in [4.78, 5) is 0. The highest BCUT2D eigenvalue weighted by Gasteiger charge is 2.27. The van der Waals surface area contributed by atoms with E-state index in [1.54, 1.807) is 0 Å². The molecular weight excluding hydrogens is 299 g/mol. The van der Waals surface area contributed by atoms with Crippen molar-refractivity contribution in [1.29, 1.82) is 0 Å². The standard InChI is InChI=1S/C20H19BO3/c1-3-22-21(23-4-2)17-13-14-9-5-6-10-15(14)19-16-11-7-8-12-18(16)24-20(17)19/h5-13H,3-4H2,1-2H3. The number of hydrogen-bond donors (Lipinski definition) is 0. The van der Waals surface area contributed by atoms with E-state index in [-0.39, 0.29) is 0 Å². The van der Waals surface area contributed by atoms with Crippen LogP contribution in [0.3, 0.4) is 0 Å². The van der Waals surface area contributed by atoms with Gasteiger partial charge in [0.25, 0.3) is 0 Å². The van der Waals surface area contributed by atoms with Gasteiger partial charge in [-0.15, -0.1) is 0 Å². The lowest BCUT2D eigenvalue weighted by Crippen LogP contribution is -2.37. The van der Waals surface area contributed by atoms with E-state index >= 15 is 0 Å². The first-order valence-electron chi connectivity index (χ1n) is 8.39. The first kappa shape index (κ1) is 15.2. The maximum absolute atomic E-state index is 6.21. The Hall–Kier alpha value is -2.30. The van der Waals surface area contributed by atoms with Gasteiger partial charge in [0.15, 0.2) is 0 Å². The summed E-state index contributed by atoms with van der Waals surface area (Å²) in [5.41, 5.74) is 2.68. The van der Waals surface area contributed by atoms with Gasteiger partial charge in [-0.05, 0) is 30.7 Å². The van der Waals surface area contributed by atoms with Crippen molar-refractivity contribution in [2.24, 2.45) is 0 Å². The number of rotatable bonds is 5. The quantitative estimate of drug-likeness (QED) is 0.508. The fourth-order valence-corrected chi connectivity index (χ4v) is 3.31. The first-order chi connectivity index (χ1) is 11.8. The molecule has 1 aromatic heterocycles. The maximum Gasteiger partial charge on any atom is 0.497 e. The van der Waals surface area contributed by atoms with Crippen LogP contribution in [0.15, 0.2) is 59.0 Å². The highest BCUT2D eigenvalue weighted by Crippen LogP contribution is 2.33. The summed E-state index contributed by atoms with van der Waals surface area (Å²) in [7, 11) is -0.423. The number of furan rings is 1. The van der Waals surface area contributed by atoms with Crippen molar-refractivity contribution in [3.8, 4) is 0 Å². The Balaban J connectivity index is 2.11. The second kappa shape index (κ2) is 6.31. The molecular formula is C20H19BO3. The summed E-state index contributed by atoms with van der Waals surface area (Å²) in [6.45, 7) is 5.12. The predicted molar refractivity (Wildman–Crippen MR) is 99.9 cm³/mol. The van der Waals surface area contributed by atoms with Gasteiger partial charge < -0.3 is 13.7 Å². The van der Waals surface area contributed by atoms with E-state index in [0.29, 0.717) is 13.2 Å². The maximum atomic E-state index is 6.21. The number of para-hydroxylation sites is 1. The smallest absolute Gasteiger partial charge is 0.456 e. The van der Waals surface area contributed by atoms with Gasteiger partial charge in [0.05, 0.1) is 0 Å². The third-order valence-corrected chi connectivity index (χ3v) is 4.29. The van der Waals surface area contributed by atoms with Gasteiger partial charge in [0.1, 0.15) is 11.2 Å². The molecule has 0 radical (unpaired) electrons. The van der Waals surface area contributed by atoms with Gasteiger partial charge in [-0.1, -0.05) is 48.5 Å². The summed E-state index contributed by atoms with van der Waals surface area (Å²) in [6.07, 6.45) is 0. The van der Waals surface area contributed by atoms with Crippen LogP contribution in [0, 0.1) is 0 Å². The molecule has 0 aliphatic rings. The van der Waals surface area contributed by atoms with Crippen molar-refractivity contribution in [1.82, 2.24) is 0 Å². The lowest BCUT2D eigenvalue weighted by molar-refractivity contribution is 0.225. The van der Waals surface area contributed by atoms with E-state index in [0.717, 1.165) is 32.8 Å². The average Bonchev–Trinajstić information content (AvgIpc) is 3.01. The van der Waals surface area contributed by atoms with Crippen LogP contribution >= 0.6 is 0 Å². The summed E-state index contributed by atoms with van der Waals surface area (Å²) in [6, 6.07) is 18.6. The molecule has 4 heteroatoms. The number of fused-ring (bicyclic) bond motifs is 5. The third kappa shape index (κ3) is 2.39. The minimum atomic E-state index is -0.423. The van der Waals surface area contributed by atoms with E-state index in [1.807, 2.05) is 32.0 Å². The van der Waals surface area contributed by atoms with Crippen LogP contribution in [0.1, 0.15) is 13.8 Å². The molecule has 0 N–H and O–H groups in total. The van der Waals surface area contributed by atoms with Crippen molar-refractivity contribution in [2.75, 3.05) is 13.2 Å². The molecule has 0 fully saturated rings. The second-order valence-corrected chi connectivity index (χ2v) is 5.73. The average molecular weight is 318 g/mol. The number of hydrogen-bond acceptors (Lipinski definition) is 3. The Bertz CT molecular complexity index is 1000. The fourth-order valence-electron chi connectivity index (χ4n) is 3.31. The number of benzene rings is 3. The molecule has 3 aromatic carbocycles. The van der Waals surface area contributed by atoms with Gasteiger partial charge in [0, 0.05) is 29.4 Å². The molecule has 1 heterocycles. The van der Waals surface area contributed by atoms with Crippen molar-refractivity contribution in [3.63, 3.8) is 0 Å². The molecule has 0 saturated carbocycles. The van der Waals surface area contributed by atoms with E-state index in [4.69, 9.17) is 13.7 Å². The minimum absolute atomic E-state index is 0.423. The normalized spacial score (nSPS) is 11.6. The van der Waals surface area contributed by atoms with E-state index in [2.05, 4.69) is 36.4 Å². The van der Waals surface area contributed by atoms with Gasteiger partial charge in [-0.2, -0.15) is 0 Å². The molecule has 0 aliphatic heterocycles. The molecule has 0 unspecified atom stereocenters. The van der Waals surface area contributed by atoms with Crippen LogP contribution in [0.5, 0.6) is 0 Å². The van der Waals surface area contributed by atoms with E-state index < -0.39 is 7.12 Å². The summed E-state index contributed by atoms with van der Waals surface area (Å²) < 4.78 is 17.9. The summed E-state index contributed by atoms with van der Waals surface area (Å²) >= 11 is 0. The monoisotopic (exact) mass is 318 g/mol. The molecule has 0 atom stereocenters. The molecule has 4 aromatic rings. The highest BCUT2D eigenvalue weighted by molar-refractivity contribution is 6.65. The van der Waals surface area contributed by atoms with Crippen LogP contribution < -0.4 is 5.46 Å². The lowest BCUT2D eigenvalue weighted by Gasteiger charge is -2.14. The van der Waals surface area contributed by atoms with Gasteiger partial charge in [-0.25, -0.2) is 0 Å². The summed E-state index contributed by atoms with van der Waals surface area (Å²) in [5, 5.41) is 4.60. The van der Waals surface area contributed by atoms with E-state index in [9.17, 15) is 0 Å². The Morgan fingerprint density at radius 1 is 0.875 bits per heavy atom. The largest absolute Gasteiger partial charge is 0.497 e. The van der Waals surface area contributed by atoms with Crippen LogP contribution in [-0.4, -0.2) is 20.3 Å². The van der Waals surface area contributed by atoms with Crippen LogP contribution in [0.4, 0.5) is 0 Å². The molecule has 0 spiro atoms. The molecule has 24 heavy (non-hydrogen) atoms. The Morgan fingerprint density at radius 3 is 2.29 bits per heavy atom. The predicted octanol–water partition coefficient (Wildman–Crippen LogP) is 4.51. The zero-order valence-electron chi connectivity index (χ0n) is 13.9. The Kier molecular flexibility index (Phi) is 4.01.